The van der Waals surface area contributed by atoms with E-state index in [0.717, 1.165) is 14.3 Å². The Bertz CT molecular complexity index is 881. The molecule has 2 aromatic carbocycles. The summed E-state index contributed by atoms with van der Waals surface area (Å²) in [5.74, 6) is 0. The lowest BCUT2D eigenvalue weighted by atomic mass is 10.2. The Hall–Kier alpha value is -1.93. The molecule has 0 fully saturated rings. The highest BCUT2D eigenvalue weighted by Gasteiger charge is 2.31. The number of benzene rings is 2. The van der Waals surface area contributed by atoms with Crippen LogP contribution in [0.25, 0.3) is 0 Å². The highest BCUT2D eigenvalue weighted by molar-refractivity contribution is 9.10. The Morgan fingerprint density at radius 2 is 1.78 bits per heavy atom. The number of aryl methyl sites for hydroxylation is 2. The molecular formula is C15H15BrN2O4S. The minimum absolute atomic E-state index is 0.284. The van der Waals surface area contributed by atoms with E-state index in [4.69, 9.17) is 0 Å². The lowest BCUT2D eigenvalue weighted by Gasteiger charge is -2.21. The fraction of sp³-hybridized carbons (Fsp3) is 0.200. The third kappa shape index (κ3) is 3.23. The average molecular weight is 399 g/mol. The molecule has 23 heavy (non-hydrogen) atoms. The van der Waals surface area contributed by atoms with Crippen molar-refractivity contribution in [3.63, 3.8) is 0 Å². The summed E-state index contributed by atoms with van der Waals surface area (Å²) in [6, 6.07) is 9.28. The number of nitrogens with zero attached hydrogens (tertiary/aromatic N) is 2. The fourth-order valence-electron chi connectivity index (χ4n) is 2.22. The monoisotopic (exact) mass is 398 g/mol. The van der Waals surface area contributed by atoms with E-state index in [9.17, 15) is 18.5 Å². The molecule has 2 aromatic rings. The van der Waals surface area contributed by atoms with Crippen LogP contribution in [0.2, 0.25) is 0 Å². The number of halogens is 1. The van der Waals surface area contributed by atoms with Crippen LogP contribution in [0, 0.1) is 24.0 Å². The first-order valence-electron chi connectivity index (χ1n) is 6.65. The van der Waals surface area contributed by atoms with Crippen molar-refractivity contribution >= 4 is 37.3 Å². The topological polar surface area (TPSA) is 80.5 Å². The number of nitro groups is 1. The lowest BCUT2D eigenvalue weighted by molar-refractivity contribution is -0.387. The third-order valence-corrected chi connectivity index (χ3v) is 6.38. The number of rotatable bonds is 4. The van der Waals surface area contributed by atoms with Crippen LogP contribution in [0.1, 0.15) is 11.1 Å². The quantitative estimate of drug-likeness (QED) is 0.579. The molecule has 0 aromatic heterocycles. The summed E-state index contributed by atoms with van der Waals surface area (Å²) in [5.41, 5.74) is 1.21. The Morgan fingerprint density at radius 1 is 1.13 bits per heavy atom. The number of hydrogen-bond acceptors (Lipinski definition) is 4. The van der Waals surface area contributed by atoms with Crippen molar-refractivity contribution in [3.8, 4) is 0 Å². The second-order valence-corrected chi connectivity index (χ2v) is 7.85. The molecular weight excluding hydrogens is 384 g/mol. The zero-order chi connectivity index (χ0) is 17.4. The summed E-state index contributed by atoms with van der Waals surface area (Å²) in [7, 11) is -2.67. The van der Waals surface area contributed by atoms with Gasteiger partial charge in [-0.2, -0.15) is 0 Å². The molecule has 0 atom stereocenters. The standard InChI is InChI=1S/C15H15BrN2O4S/c1-10-5-4-6-14(18(19)20)15(10)23(21,22)17(3)12-7-8-13(16)11(2)9-12/h4-9H,1-3H3. The molecule has 122 valence electrons. The average Bonchev–Trinajstić information content (AvgIpc) is 2.48. The van der Waals surface area contributed by atoms with Crippen molar-refractivity contribution in [2.75, 3.05) is 11.4 Å². The van der Waals surface area contributed by atoms with Crippen LogP contribution in [0.5, 0.6) is 0 Å². The Kier molecular flexibility index (Phi) is 4.76. The van der Waals surface area contributed by atoms with Crippen molar-refractivity contribution < 1.29 is 13.3 Å². The van der Waals surface area contributed by atoms with E-state index in [1.807, 2.05) is 6.92 Å². The predicted molar refractivity (Wildman–Crippen MR) is 92.3 cm³/mol. The van der Waals surface area contributed by atoms with Gasteiger partial charge >= 0.3 is 0 Å². The number of anilines is 1. The number of hydrogen-bond donors (Lipinski definition) is 0. The SMILES string of the molecule is Cc1cc(N(C)S(=O)(=O)c2c(C)cccc2[N+](=O)[O-])ccc1Br. The highest BCUT2D eigenvalue weighted by atomic mass is 79.9. The van der Waals surface area contributed by atoms with E-state index in [2.05, 4.69) is 15.9 Å². The zero-order valence-corrected chi connectivity index (χ0v) is 15.2. The van der Waals surface area contributed by atoms with Crippen molar-refractivity contribution in [3.05, 3.63) is 62.1 Å². The normalized spacial score (nSPS) is 11.3. The molecule has 6 nitrogen and oxygen atoms in total. The van der Waals surface area contributed by atoms with Gasteiger partial charge in [-0.05, 0) is 43.2 Å². The van der Waals surface area contributed by atoms with E-state index < -0.39 is 20.6 Å². The fourth-order valence-corrected chi connectivity index (χ4v) is 4.01. The lowest BCUT2D eigenvalue weighted by Crippen LogP contribution is -2.28. The van der Waals surface area contributed by atoms with E-state index in [1.54, 1.807) is 31.2 Å². The van der Waals surface area contributed by atoms with Crippen molar-refractivity contribution in [1.82, 2.24) is 0 Å². The van der Waals surface area contributed by atoms with Gasteiger partial charge in [-0.25, -0.2) is 8.42 Å². The maximum absolute atomic E-state index is 12.9. The van der Waals surface area contributed by atoms with Crippen molar-refractivity contribution in [2.45, 2.75) is 18.7 Å². The Balaban J connectivity index is 2.63. The van der Waals surface area contributed by atoms with Gasteiger partial charge in [0, 0.05) is 17.6 Å². The number of sulfonamides is 1. The molecule has 0 aliphatic rings. The second-order valence-electron chi connectivity index (χ2n) is 5.09. The van der Waals surface area contributed by atoms with Gasteiger partial charge < -0.3 is 0 Å². The Morgan fingerprint density at radius 3 is 2.35 bits per heavy atom. The molecule has 2 rings (SSSR count). The van der Waals surface area contributed by atoms with Crippen LogP contribution in [-0.4, -0.2) is 20.4 Å². The summed E-state index contributed by atoms with van der Waals surface area (Å²) in [5, 5.41) is 11.2. The van der Waals surface area contributed by atoms with E-state index >= 15 is 0 Å². The number of nitro benzene ring substituents is 1. The van der Waals surface area contributed by atoms with Gasteiger partial charge in [-0.15, -0.1) is 0 Å². The van der Waals surface area contributed by atoms with Crippen LogP contribution in [0.3, 0.4) is 0 Å². The first-order valence-corrected chi connectivity index (χ1v) is 8.88. The van der Waals surface area contributed by atoms with Crippen LogP contribution in [-0.2, 0) is 10.0 Å². The summed E-state index contributed by atoms with van der Waals surface area (Å²) in [6.45, 7) is 3.38. The van der Waals surface area contributed by atoms with Gasteiger partial charge in [0.05, 0.1) is 10.6 Å². The summed E-state index contributed by atoms with van der Waals surface area (Å²) in [4.78, 5) is 10.2. The summed E-state index contributed by atoms with van der Waals surface area (Å²) in [6.07, 6.45) is 0. The minimum atomic E-state index is -4.05. The molecule has 0 bridgehead atoms. The smallest absolute Gasteiger partial charge is 0.269 e. The third-order valence-electron chi connectivity index (χ3n) is 3.51. The van der Waals surface area contributed by atoms with Gasteiger partial charge in [0.2, 0.25) is 0 Å². The van der Waals surface area contributed by atoms with Crippen molar-refractivity contribution in [1.29, 1.82) is 0 Å². The molecule has 0 radical (unpaired) electrons. The molecule has 0 saturated heterocycles. The molecule has 0 spiro atoms. The van der Waals surface area contributed by atoms with E-state index in [0.29, 0.717) is 11.3 Å². The van der Waals surface area contributed by atoms with Crippen LogP contribution in [0.15, 0.2) is 45.8 Å². The van der Waals surface area contributed by atoms with Gasteiger partial charge in [0.1, 0.15) is 0 Å². The largest absolute Gasteiger partial charge is 0.290 e. The Labute approximate surface area is 143 Å². The van der Waals surface area contributed by atoms with E-state index in [1.165, 1.54) is 19.2 Å². The molecule has 0 N–H and O–H groups in total. The molecule has 0 unspecified atom stereocenters. The van der Waals surface area contributed by atoms with Gasteiger partial charge in [-0.1, -0.05) is 28.1 Å². The molecule has 0 heterocycles. The van der Waals surface area contributed by atoms with Gasteiger partial charge in [0.15, 0.2) is 4.90 Å². The summed E-state index contributed by atoms with van der Waals surface area (Å²) < 4.78 is 27.7. The van der Waals surface area contributed by atoms with Crippen molar-refractivity contribution in [2.24, 2.45) is 0 Å². The molecule has 0 saturated carbocycles. The molecule has 0 amide bonds. The first kappa shape index (κ1) is 17.4. The maximum Gasteiger partial charge on any atom is 0.290 e. The molecule has 0 aliphatic carbocycles. The maximum atomic E-state index is 12.9. The van der Waals surface area contributed by atoms with Crippen LogP contribution in [0.4, 0.5) is 11.4 Å². The highest BCUT2D eigenvalue weighted by Crippen LogP contribution is 2.32. The first-order chi connectivity index (χ1) is 10.7. The van der Waals surface area contributed by atoms with Crippen LogP contribution >= 0.6 is 15.9 Å². The van der Waals surface area contributed by atoms with Gasteiger partial charge in [-0.3, -0.25) is 14.4 Å². The van der Waals surface area contributed by atoms with Gasteiger partial charge in [0.25, 0.3) is 15.7 Å². The minimum Gasteiger partial charge on any atom is -0.269 e. The second kappa shape index (κ2) is 6.29. The molecule has 0 aliphatic heterocycles. The zero-order valence-electron chi connectivity index (χ0n) is 12.8. The van der Waals surface area contributed by atoms with Crippen LogP contribution < -0.4 is 4.31 Å². The predicted octanol–water partition coefficient (Wildman–Crippen LogP) is 3.80. The summed E-state index contributed by atoms with van der Waals surface area (Å²) >= 11 is 3.36. The molecule has 8 heteroatoms. The van der Waals surface area contributed by atoms with E-state index in [-0.39, 0.29) is 4.90 Å².